The first-order valence-electron chi connectivity index (χ1n) is 7.67. The standard InChI is InChI=1S/C18H16N2O3/c21-15-11-18(23-16-4-2-1-3-14(15)16)7-10-20(12-18)17(22)13-5-8-19-9-6-13/h1-6,8-9H,7,10-12H2. The molecular formula is C18H16N2O3. The van der Waals surface area contributed by atoms with Crippen molar-refractivity contribution < 1.29 is 14.3 Å². The zero-order valence-corrected chi connectivity index (χ0v) is 12.6. The van der Waals surface area contributed by atoms with E-state index in [-0.39, 0.29) is 11.7 Å². The molecule has 0 aliphatic carbocycles. The fourth-order valence-electron chi connectivity index (χ4n) is 3.37. The van der Waals surface area contributed by atoms with Crippen LogP contribution in [0, 0.1) is 0 Å². The van der Waals surface area contributed by atoms with Crippen LogP contribution in [0.3, 0.4) is 0 Å². The van der Waals surface area contributed by atoms with Crippen molar-refractivity contribution in [1.29, 1.82) is 0 Å². The molecule has 4 rings (SSSR count). The summed E-state index contributed by atoms with van der Waals surface area (Å²) < 4.78 is 6.14. The lowest BCUT2D eigenvalue weighted by Gasteiger charge is -2.34. The highest BCUT2D eigenvalue weighted by Crippen LogP contribution is 2.38. The van der Waals surface area contributed by atoms with Crippen LogP contribution in [0.5, 0.6) is 5.75 Å². The fraction of sp³-hybridized carbons (Fsp3) is 0.278. The summed E-state index contributed by atoms with van der Waals surface area (Å²) in [5, 5.41) is 0. The number of likely N-dealkylation sites (tertiary alicyclic amines) is 1. The third kappa shape index (κ3) is 2.38. The molecule has 2 aliphatic heterocycles. The Kier molecular flexibility index (Phi) is 3.15. The van der Waals surface area contributed by atoms with Crippen molar-refractivity contribution in [1.82, 2.24) is 9.88 Å². The zero-order valence-electron chi connectivity index (χ0n) is 12.6. The fourth-order valence-corrected chi connectivity index (χ4v) is 3.37. The van der Waals surface area contributed by atoms with Gasteiger partial charge in [0, 0.05) is 30.9 Å². The molecule has 1 saturated heterocycles. The summed E-state index contributed by atoms with van der Waals surface area (Å²) in [6.45, 7) is 1.03. The van der Waals surface area contributed by atoms with Gasteiger partial charge in [0.1, 0.15) is 11.4 Å². The number of Topliss-reactive ketones (excluding diaryl/α,β-unsaturated/α-hetero) is 1. The summed E-state index contributed by atoms with van der Waals surface area (Å²) >= 11 is 0. The molecule has 2 aromatic rings. The van der Waals surface area contributed by atoms with E-state index in [2.05, 4.69) is 4.98 Å². The average Bonchev–Trinajstić information content (AvgIpc) is 2.98. The second-order valence-corrected chi connectivity index (χ2v) is 6.09. The first kappa shape index (κ1) is 13.9. The summed E-state index contributed by atoms with van der Waals surface area (Å²) in [6, 6.07) is 10.7. The number of aromatic nitrogens is 1. The lowest BCUT2D eigenvalue weighted by atomic mass is 9.89. The van der Waals surface area contributed by atoms with Crippen LogP contribution >= 0.6 is 0 Å². The number of carbonyl (C=O) groups excluding carboxylic acids is 2. The monoisotopic (exact) mass is 308 g/mol. The molecule has 0 saturated carbocycles. The van der Waals surface area contributed by atoms with Crippen molar-refractivity contribution in [3.05, 3.63) is 59.9 Å². The molecular weight excluding hydrogens is 292 g/mol. The number of nitrogens with zero attached hydrogens (tertiary/aromatic N) is 2. The molecule has 1 unspecified atom stereocenters. The summed E-state index contributed by atoms with van der Waals surface area (Å²) in [6.07, 6.45) is 4.21. The van der Waals surface area contributed by atoms with E-state index in [1.54, 1.807) is 35.5 Å². The number of rotatable bonds is 1. The number of ether oxygens (including phenoxy) is 1. The van der Waals surface area contributed by atoms with Gasteiger partial charge in [0.25, 0.3) is 5.91 Å². The molecule has 2 aliphatic rings. The Bertz CT molecular complexity index is 775. The van der Waals surface area contributed by atoms with Crippen LogP contribution in [0.4, 0.5) is 0 Å². The predicted molar refractivity (Wildman–Crippen MR) is 83.5 cm³/mol. The van der Waals surface area contributed by atoms with E-state index in [4.69, 9.17) is 4.74 Å². The molecule has 116 valence electrons. The smallest absolute Gasteiger partial charge is 0.254 e. The maximum atomic E-state index is 12.6. The van der Waals surface area contributed by atoms with Gasteiger partial charge in [0.05, 0.1) is 18.5 Å². The van der Waals surface area contributed by atoms with Crippen molar-refractivity contribution >= 4 is 11.7 Å². The van der Waals surface area contributed by atoms with E-state index < -0.39 is 5.60 Å². The lowest BCUT2D eigenvalue weighted by molar-refractivity contribution is 0.0428. The van der Waals surface area contributed by atoms with Crippen molar-refractivity contribution in [3.63, 3.8) is 0 Å². The number of hydrogen-bond acceptors (Lipinski definition) is 4. The second-order valence-electron chi connectivity index (χ2n) is 6.09. The number of amides is 1. The van der Waals surface area contributed by atoms with Gasteiger partial charge in [0.15, 0.2) is 5.78 Å². The first-order chi connectivity index (χ1) is 11.2. The van der Waals surface area contributed by atoms with Gasteiger partial charge in [-0.25, -0.2) is 0 Å². The number of hydrogen-bond donors (Lipinski definition) is 0. The highest BCUT2D eigenvalue weighted by Gasteiger charge is 2.46. The molecule has 3 heterocycles. The maximum Gasteiger partial charge on any atom is 0.254 e. The minimum atomic E-state index is -0.589. The second kappa shape index (κ2) is 5.19. The molecule has 0 radical (unpaired) electrons. The molecule has 1 aromatic heterocycles. The van der Waals surface area contributed by atoms with Gasteiger partial charge < -0.3 is 9.64 Å². The molecule has 1 spiro atoms. The topological polar surface area (TPSA) is 59.5 Å². The molecule has 1 fully saturated rings. The van der Waals surface area contributed by atoms with Crippen molar-refractivity contribution in [3.8, 4) is 5.75 Å². The molecule has 0 bridgehead atoms. The number of pyridine rings is 1. The van der Waals surface area contributed by atoms with E-state index in [9.17, 15) is 9.59 Å². The van der Waals surface area contributed by atoms with Crippen molar-refractivity contribution in [2.24, 2.45) is 0 Å². The van der Waals surface area contributed by atoms with Crippen LogP contribution < -0.4 is 4.74 Å². The Morgan fingerprint density at radius 2 is 1.96 bits per heavy atom. The van der Waals surface area contributed by atoms with Crippen LogP contribution in [-0.4, -0.2) is 40.3 Å². The van der Waals surface area contributed by atoms with E-state index in [1.165, 1.54) is 0 Å². The van der Waals surface area contributed by atoms with Gasteiger partial charge in [0.2, 0.25) is 0 Å². The van der Waals surface area contributed by atoms with E-state index in [0.717, 1.165) is 0 Å². The van der Waals surface area contributed by atoms with Crippen molar-refractivity contribution in [2.45, 2.75) is 18.4 Å². The average molecular weight is 308 g/mol. The van der Waals surface area contributed by atoms with E-state index in [0.29, 0.717) is 42.8 Å². The first-order valence-corrected chi connectivity index (χ1v) is 7.67. The predicted octanol–water partition coefficient (Wildman–Crippen LogP) is 2.33. The minimum absolute atomic E-state index is 0.0424. The van der Waals surface area contributed by atoms with Crippen LogP contribution in [0.25, 0.3) is 0 Å². The van der Waals surface area contributed by atoms with Crippen LogP contribution in [-0.2, 0) is 0 Å². The quantitative estimate of drug-likeness (QED) is 0.811. The lowest BCUT2D eigenvalue weighted by Crippen LogP contribution is -2.45. The van der Waals surface area contributed by atoms with Gasteiger partial charge in [-0.2, -0.15) is 0 Å². The van der Waals surface area contributed by atoms with Crippen LogP contribution in [0.1, 0.15) is 33.6 Å². The summed E-state index contributed by atoms with van der Waals surface area (Å²) in [7, 11) is 0. The Labute approximate surface area is 133 Å². The molecule has 23 heavy (non-hydrogen) atoms. The minimum Gasteiger partial charge on any atom is -0.484 e. The number of para-hydroxylation sites is 1. The molecule has 0 N–H and O–H groups in total. The largest absolute Gasteiger partial charge is 0.484 e. The molecule has 1 amide bonds. The SMILES string of the molecule is O=C1CC2(CCN(C(=O)c3ccncc3)C2)Oc2ccccc21. The molecule has 1 aromatic carbocycles. The number of ketones is 1. The van der Waals surface area contributed by atoms with Gasteiger partial charge in [-0.15, -0.1) is 0 Å². The van der Waals surface area contributed by atoms with Gasteiger partial charge in [-0.1, -0.05) is 12.1 Å². The van der Waals surface area contributed by atoms with Crippen LogP contribution in [0.2, 0.25) is 0 Å². The molecule has 1 atom stereocenters. The van der Waals surface area contributed by atoms with Crippen LogP contribution in [0.15, 0.2) is 48.8 Å². The Morgan fingerprint density at radius 1 is 1.17 bits per heavy atom. The normalized spacial score (nSPS) is 22.8. The maximum absolute atomic E-state index is 12.6. The molecule has 5 nitrogen and oxygen atoms in total. The number of fused-ring (bicyclic) bond motifs is 1. The van der Waals surface area contributed by atoms with Gasteiger partial charge in [-0.3, -0.25) is 14.6 Å². The zero-order chi connectivity index (χ0) is 15.9. The Morgan fingerprint density at radius 3 is 2.78 bits per heavy atom. The molecule has 5 heteroatoms. The van der Waals surface area contributed by atoms with E-state index >= 15 is 0 Å². The highest BCUT2D eigenvalue weighted by atomic mass is 16.5. The summed E-state index contributed by atoms with van der Waals surface area (Å²) in [5.41, 5.74) is 0.658. The third-order valence-electron chi connectivity index (χ3n) is 4.53. The van der Waals surface area contributed by atoms with Gasteiger partial charge >= 0.3 is 0 Å². The number of carbonyl (C=O) groups is 2. The third-order valence-corrected chi connectivity index (χ3v) is 4.53. The summed E-state index contributed by atoms with van der Waals surface area (Å²) in [5.74, 6) is 0.672. The van der Waals surface area contributed by atoms with Gasteiger partial charge in [-0.05, 0) is 24.3 Å². The Balaban J connectivity index is 1.57. The highest BCUT2D eigenvalue weighted by molar-refractivity contribution is 6.00. The van der Waals surface area contributed by atoms with E-state index in [1.807, 2.05) is 18.2 Å². The van der Waals surface area contributed by atoms with Crippen molar-refractivity contribution in [2.75, 3.05) is 13.1 Å². The number of benzene rings is 1. The Hall–Kier alpha value is -2.69. The summed E-state index contributed by atoms with van der Waals surface area (Å²) in [4.78, 5) is 30.7.